The van der Waals surface area contributed by atoms with Crippen molar-refractivity contribution in [3.8, 4) is 0 Å². The third-order valence-corrected chi connectivity index (χ3v) is 4.98. The third-order valence-electron chi connectivity index (χ3n) is 4.98. The highest BCUT2D eigenvalue weighted by Crippen LogP contribution is 2.37. The van der Waals surface area contributed by atoms with Crippen LogP contribution in [0.4, 0.5) is 13.2 Å². The van der Waals surface area contributed by atoms with Gasteiger partial charge in [0.15, 0.2) is 5.96 Å². The standard InChI is InChI=1S/C16H28F3N3O.HI/c1-2-20-15(21-10-11-4-3-5-14(11)23)22-13-8-6-12(7-9-13)16(17,18)19;/h11-14,23H,2-10H2,1H3,(H2,20,21,22);1H. The van der Waals surface area contributed by atoms with E-state index in [-0.39, 0.29) is 54.9 Å². The van der Waals surface area contributed by atoms with Gasteiger partial charge in [-0.2, -0.15) is 13.2 Å². The molecule has 4 nitrogen and oxygen atoms in total. The molecule has 24 heavy (non-hydrogen) atoms. The molecule has 0 aliphatic heterocycles. The molecule has 3 N–H and O–H groups in total. The van der Waals surface area contributed by atoms with Gasteiger partial charge < -0.3 is 15.7 Å². The fraction of sp³-hybridized carbons (Fsp3) is 0.938. The van der Waals surface area contributed by atoms with E-state index in [1.807, 2.05) is 6.92 Å². The second-order valence-corrected chi connectivity index (χ2v) is 6.71. The largest absolute Gasteiger partial charge is 0.393 e. The van der Waals surface area contributed by atoms with Crippen LogP contribution >= 0.6 is 24.0 Å². The number of alkyl halides is 3. The molecule has 0 bridgehead atoms. The average Bonchev–Trinajstić information content (AvgIpc) is 2.90. The molecule has 0 aromatic heterocycles. The number of aliphatic hydroxyl groups is 1. The van der Waals surface area contributed by atoms with Gasteiger partial charge in [0.05, 0.1) is 12.0 Å². The number of rotatable bonds is 4. The first-order valence-electron chi connectivity index (χ1n) is 8.69. The maximum absolute atomic E-state index is 12.7. The van der Waals surface area contributed by atoms with E-state index in [2.05, 4.69) is 15.6 Å². The van der Waals surface area contributed by atoms with Crippen LogP contribution in [0.15, 0.2) is 4.99 Å². The zero-order chi connectivity index (χ0) is 16.9. The molecular formula is C16H29F3IN3O. The minimum absolute atomic E-state index is 0. The highest BCUT2D eigenvalue weighted by molar-refractivity contribution is 14.0. The first kappa shape index (κ1) is 21.8. The molecule has 0 saturated heterocycles. The Morgan fingerprint density at radius 2 is 1.79 bits per heavy atom. The van der Waals surface area contributed by atoms with Crippen molar-refractivity contribution in [1.29, 1.82) is 0 Å². The first-order chi connectivity index (χ1) is 10.9. The Hall–Kier alpha value is -0.250. The van der Waals surface area contributed by atoms with Gasteiger partial charge in [-0.25, -0.2) is 0 Å². The van der Waals surface area contributed by atoms with E-state index < -0.39 is 12.1 Å². The molecule has 2 saturated carbocycles. The molecule has 0 amide bonds. The molecule has 8 heteroatoms. The van der Waals surface area contributed by atoms with E-state index in [0.29, 0.717) is 31.9 Å². The molecule has 0 radical (unpaired) electrons. The van der Waals surface area contributed by atoms with Crippen LogP contribution in [0.2, 0.25) is 0 Å². The summed E-state index contributed by atoms with van der Waals surface area (Å²) in [5.74, 6) is -0.304. The van der Waals surface area contributed by atoms with Crippen LogP contribution < -0.4 is 10.6 Å². The molecule has 2 aliphatic rings. The summed E-state index contributed by atoms with van der Waals surface area (Å²) in [4.78, 5) is 4.52. The average molecular weight is 463 g/mol. The molecule has 0 aromatic carbocycles. The zero-order valence-corrected chi connectivity index (χ0v) is 16.4. The lowest BCUT2D eigenvalue weighted by molar-refractivity contribution is -0.182. The number of aliphatic hydroxyl groups excluding tert-OH is 1. The topological polar surface area (TPSA) is 56.7 Å². The van der Waals surface area contributed by atoms with Gasteiger partial charge in [-0.3, -0.25) is 4.99 Å². The van der Waals surface area contributed by atoms with Crippen molar-refractivity contribution in [1.82, 2.24) is 10.6 Å². The van der Waals surface area contributed by atoms with Crippen LogP contribution in [0.25, 0.3) is 0 Å². The summed E-state index contributed by atoms with van der Waals surface area (Å²) < 4.78 is 38.1. The Balaban J connectivity index is 0.00000288. The quantitative estimate of drug-likeness (QED) is 0.340. The SMILES string of the molecule is CCNC(=NCC1CCCC1O)NC1CCC(C(F)(F)F)CC1.I. The second kappa shape index (κ2) is 10.0. The van der Waals surface area contributed by atoms with Crippen molar-refractivity contribution in [2.45, 2.75) is 70.2 Å². The highest BCUT2D eigenvalue weighted by Gasteiger charge is 2.41. The summed E-state index contributed by atoms with van der Waals surface area (Å²) in [5.41, 5.74) is 0. The Morgan fingerprint density at radius 3 is 2.29 bits per heavy atom. The van der Waals surface area contributed by atoms with E-state index >= 15 is 0 Å². The molecule has 2 atom stereocenters. The lowest BCUT2D eigenvalue weighted by Gasteiger charge is -2.31. The van der Waals surface area contributed by atoms with Crippen molar-refractivity contribution in [3.63, 3.8) is 0 Å². The minimum atomic E-state index is -4.07. The van der Waals surface area contributed by atoms with Crippen molar-refractivity contribution >= 4 is 29.9 Å². The van der Waals surface area contributed by atoms with Crippen LogP contribution in [0.5, 0.6) is 0 Å². The van der Waals surface area contributed by atoms with E-state index in [1.54, 1.807) is 0 Å². The Bertz CT molecular complexity index is 399. The molecule has 0 heterocycles. The van der Waals surface area contributed by atoms with Crippen LogP contribution in [0.1, 0.15) is 51.9 Å². The van der Waals surface area contributed by atoms with Crippen LogP contribution in [0.3, 0.4) is 0 Å². The van der Waals surface area contributed by atoms with Crippen molar-refractivity contribution in [2.24, 2.45) is 16.8 Å². The maximum atomic E-state index is 12.7. The van der Waals surface area contributed by atoms with E-state index in [9.17, 15) is 18.3 Å². The number of guanidine groups is 1. The lowest BCUT2D eigenvalue weighted by atomic mass is 9.85. The summed E-state index contributed by atoms with van der Waals surface area (Å²) in [7, 11) is 0. The van der Waals surface area contributed by atoms with Crippen molar-refractivity contribution in [3.05, 3.63) is 0 Å². The van der Waals surface area contributed by atoms with Crippen molar-refractivity contribution < 1.29 is 18.3 Å². The Labute approximate surface area is 159 Å². The summed E-state index contributed by atoms with van der Waals surface area (Å²) in [6, 6.07) is 0.0416. The summed E-state index contributed by atoms with van der Waals surface area (Å²) in [6.45, 7) is 3.23. The highest BCUT2D eigenvalue weighted by atomic mass is 127. The smallest absolute Gasteiger partial charge is 0.391 e. The molecule has 2 fully saturated rings. The lowest BCUT2D eigenvalue weighted by Crippen LogP contribution is -2.46. The van der Waals surface area contributed by atoms with Gasteiger partial charge in [0.1, 0.15) is 0 Å². The number of nitrogens with zero attached hydrogens (tertiary/aromatic N) is 1. The monoisotopic (exact) mass is 463 g/mol. The predicted octanol–water partition coefficient (Wildman–Crippen LogP) is 3.44. The van der Waals surface area contributed by atoms with Gasteiger partial charge in [-0.15, -0.1) is 24.0 Å². The molecule has 142 valence electrons. The second-order valence-electron chi connectivity index (χ2n) is 6.71. The molecule has 0 aromatic rings. The molecule has 0 spiro atoms. The molecular weight excluding hydrogens is 434 g/mol. The van der Waals surface area contributed by atoms with Crippen LogP contribution in [-0.2, 0) is 0 Å². The van der Waals surface area contributed by atoms with Gasteiger partial charge >= 0.3 is 6.18 Å². The number of halogens is 4. The first-order valence-corrected chi connectivity index (χ1v) is 8.69. The number of hydrogen-bond acceptors (Lipinski definition) is 2. The maximum Gasteiger partial charge on any atom is 0.391 e. The fourth-order valence-corrected chi connectivity index (χ4v) is 3.52. The van der Waals surface area contributed by atoms with Gasteiger partial charge in [0, 0.05) is 25.0 Å². The summed E-state index contributed by atoms with van der Waals surface area (Å²) >= 11 is 0. The molecule has 2 unspecified atom stereocenters. The zero-order valence-electron chi connectivity index (χ0n) is 14.1. The molecule has 2 rings (SSSR count). The number of aliphatic imine (C=N–C) groups is 1. The number of hydrogen-bond donors (Lipinski definition) is 3. The van der Waals surface area contributed by atoms with E-state index in [1.165, 1.54) is 0 Å². The minimum Gasteiger partial charge on any atom is -0.393 e. The molecule has 2 aliphatic carbocycles. The third kappa shape index (κ3) is 6.57. The number of nitrogens with one attached hydrogen (secondary N) is 2. The van der Waals surface area contributed by atoms with Gasteiger partial charge in [0.25, 0.3) is 0 Å². The van der Waals surface area contributed by atoms with Gasteiger partial charge in [-0.05, 0) is 45.4 Å². The van der Waals surface area contributed by atoms with Crippen molar-refractivity contribution in [2.75, 3.05) is 13.1 Å². The Morgan fingerprint density at radius 1 is 1.12 bits per heavy atom. The predicted molar refractivity (Wildman–Crippen MR) is 99.7 cm³/mol. The van der Waals surface area contributed by atoms with E-state index in [4.69, 9.17) is 0 Å². The van der Waals surface area contributed by atoms with E-state index in [0.717, 1.165) is 19.3 Å². The summed E-state index contributed by atoms with van der Waals surface area (Å²) in [6.07, 6.45) is -0.0873. The van der Waals surface area contributed by atoms with Gasteiger partial charge in [0.2, 0.25) is 0 Å². The van der Waals surface area contributed by atoms with Crippen LogP contribution in [0, 0.1) is 11.8 Å². The summed E-state index contributed by atoms with van der Waals surface area (Å²) in [5, 5.41) is 16.2. The normalized spacial score (nSPS) is 31.5. The Kier molecular flexibility index (Phi) is 9.11. The fourth-order valence-electron chi connectivity index (χ4n) is 3.52. The van der Waals surface area contributed by atoms with Gasteiger partial charge in [-0.1, -0.05) is 6.42 Å². The van der Waals surface area contributed by atoms with Crippen LogP contribution in [-0.4, -0.2) is 42.5 Å².